The van der Waals surface area contributed by atoms with Crippen LogP contribution in [0.5, 0.6) is 0 Å². The molecule has 0 aliphatic heterocycles. The van der Waals surface area contributed by atoms with Gasteiger partial charge in [-0.1, -0.05) is 41.1 Å². The second-order valence-electron chi connectivity index (χ2n) is 6.50. The third-order valence-corrected chi connectivity index (χ3v) is 4.43. The summed E-state index contributed by atoms with van der Waals surface area (Å²) in [4.78, 5) is 16.9. The molecule has 148 valence electrons. The smallest absolute Gasteiger partial charge is 0.375 e. The summed E-state index contributed by atoms with van der Waals surface area (Å²) < 4.78 is 21.8. The minimum absolute atomic E-state index is 0.126. The van der Waals surface area contributed by atoms with Crippen LogP contribution in [0, 0.1) is 6.92 Å². The van der Waals surface area contributed by atoms with E-state index in [1.54, 1.807) is 6.07 Å². The zero-order valence-electron chi connectivity index (χ0n) is 16.2. The van der Waals surface area contributed by atoms with E-state index in [1.807, 2.05) is 56.3 Å². The topological polar surface area (TPSA) is 87.6 Å². The first-order valence-electron chi connectivity index (χ1n) is 9.30. The Balaban J connectivity index is 1.49. The second-order valence-corrected chi connectivity index (χ2v) is 6.50. The monoisotopic (exact) mass is 392 g/mol. The summed E-state index contributed by atoms with van der Waals surface area (Å²) >= 11 is 0. The molecule has 0 saturated heterocycles. The zero-order valence-corrected chi connectivity index (χ0v) is 16.2. The lowest BCUT2D eigenvalue weighted by molar-refractivity contribution is 0.0417. The molecular formula is C22H20N2O5. The SMILES string of the molecule is CCOCc1c(C(=O)OCc2noc(-c3ccc(C)cc3)n2)oc2ccccc12. The first kappa shape index (κ1) is 18.9. The molecule has 2 heterocycles. The van der Waals surface area contributed by atoms with Crippen LogP contribution in [0.25, 0.3) is 22.4 Å². The van der Waals surface area contributed by atoms with E-state index in [2.05, 4.69) is 10.1 Å². The maximum atomic E-state index is 12.6. The van der Waals surface area contributed by atoms with Crippen molar-refractivity contribution in [3.63, 3.8) is 0 Å². The molecule has 2 aromatic heterocycles. The lowest BCUT2D eigenvalue weighted by atomic mass is 10.1. The third-order valence-electron chi connectivity index (χ3n) is 4.43. The van der Waals surface area contributed by atoms with Gasteiger partial charge in [0.2, 0.25) is 11.6 Å². The number of rotatable bonds is 7. The van der Waals surface area contributed by atoms with Gasteiger partial charge in [-0.2, -0.15) is 4.98 Å². The molecule has 29 heavy (non-hydrogen) atoms. The molecule has 0 radical (unpaired) electrons. The van der Waals surface area contributed by atoms with Gasteiger partial charge in [-0.25, -0.2) is 4.79 Å². The molecule has 0 bridgehead atoms. The van der Waals surface area contributed by atoms with Gasteiger partial charge >= 0.3 is 5.97 Å². The van der Waals surface area contributed by atoms with Gasteiger partial charge in [0.15, 0.2) is 6.61 Å². The van der Waals surface area contributed by atoms with Gasteiger partial charge in [0.1, 0.15) is 5.58 Å². The number of aryl methyl sites for hydroxylation is 1. The Hall–Kier alpha value is -3.45. The summed E-state index contributed by atoms with van der Waals surface area (Å²) in [5.41, 5.74) is 3.21. The van der Waals surface area contributed by atoms with Crippen LogP contribution in [0.3, 0.4) is 0 Å². The number of carbonyl (C=O) groups excluding carboxylic acids is 1. The molecule has 4 aromatic rings. The van der Waals surface area contributed by atoms with E-state index in [1.165, 1.54) is 0 Å². The number of esters is 1. The number of carbonyl (C=O) groups is 1. The van der Waals surface area contributed by atoms with Gasteiger partial charge in [0.05, 0.1) is 6.61 Å². The van der Waals surface area contributed by atoms with Crippen molar-refractivity contribution in [2.45, 2.75) is 27.1 Å². The highest BCUT2D eigenvalue weighted by atomic mass is 16.5. The quantitative estimate of drug-likeness (QED) is 0.422. The van der Waals surface area contributed by atoms with E-state index in [0.717, 1.165) is 16.5 Å². The van der Waals surface area contributed by atoms with E-state index >= 15 is 0 Å². The Morgan fingerprint density at radius 1 is 1.07 bits per heavy atom. The number of ether oxygens (including phenoxy) is 2. The number of hydrogen-bond acceptors (Lipinski definition) is 7. The zero-order chi connectivity index (χ0) is 20.2. The molecule has 7 nitrogen and oxygen atoms in total. The minimum atomic E-state index is -0.599. The summed E-state index contributed by atoms with van der Waals surface area (Å²) in [6.07, 6.45) is 0. The molecule has 0 aliphatic carbocycles. The van der Waals surface area contributed by atoms with Crippen LogP contribution in [-0.4, -0.2) is 22.7 Å². The van der Waals surface area contributed by atoms with Gasteiger partial charge in [-0.15, -0.1) is 0 Å². The molecule has 0 N–H and O–H groups in total. The highest BCUT2D eigenvalue weighted by Crippen LogP contribution is 2.27. The van der Waals surface area contributed by atoms with E-state index in [-0.39, 0.29) is 24.8 Å². The number of benzene rings is 2. The Kier molecular flexibility index (Phi) is 5.39. The maximum Gasteiger partial charge on any atom is 0.375 e. The molecule has 2 aromatic carbocycles. The fourth-order valence-electron chi connectivity index (χ4n) is 2.93. The minimum Gasteiger partial charge on any atom is -0.451 e. The van der Waals surface area contributed by atoms with Gasteiger partial charge in [0, 0.05) is 23.1 Å². The molecule has 0 aliphatic rings. The fraction of sp³-hybridized carbons (Fsp3) is 0.227. The number of furan rings is 1. The standard InChI is InChI=1S/C22H20N2O5/c1-3-26-12-17-16-6-4-5-7-18(16)28-20(17)22(25)27-13-19-23-21(29-24-19)15-10-8-14(2)9-11-15/h4-11H,3,12-13H2,1-2H3. The number of fused-ring (bicyclic) bond motifs is 1. The molecule has 0 fully saturated rings. The largest absolute Gasteiger partial charge is 0.451 e. The van der Waals surface area contributed by atoms with Crippen LogP contribution in [0.2, 0.25) is 0 Å². The molecular weight excluding hydrogens is 372 g/mol. The summed E-state index contributed by atoms with van der Waals surface area (Å²) in [6.45, 7) is 4.55. The Bertz CT molecular complexity index is 1130. The van der Waals surface area contributed by atoms with Crippen LogP contribution in [0.4, 0.5) is 0 Å². The lowest BCUT2D eigenvalue weighted by Crippen LogP contribution is -2.08. The summed E-state index contributed by atoms with van der Waals surface area (Å²) in [6, 6.07) is 15.1. The number of nitrogens with zero attached hydrogens (tertiary/aromatic N) is 2. The number of hydrogen-bond donors (Lipinski definition) is 0. The van der Waals surface area contributed by atoms with Gasteiger partial charge in [-0.3, -0.25) is 0 Å². The van der Waals surface area contributed by atoms with Crippen molar-refractivity contribution in [2.24, 2.45) is 0 Å². The van der Waals surface area contributed by atoms with Crippen molar-refractivity contribution in [2.75, 3.05) is 6.61 Å². The first-order valence-corrected chi connectivity index (χ1v) is 9.30. The third kappa shape index (κ3) is 4.05. The first-order chi connectivity index (χ1) is 14.2. The molecule has 7 heteroatoms. The van der Waals surface area contributed by atoms with Crippen molar-refractivity contribution in [1.29, 1.82) is 0 Å². The highest BCUT2D eigenvalue weighted by Gasteiger charge is 2.22. The van der Waals surface area contributed by atoms with Crippen LogP contribution in [0.15, 0.2) is 57.5 Å². The lowest BCUT2D eigenvalue weighted by Gasteiger charge is -2.03. The van der Waals surface area contributed by atoms with Crippen molar-refractivity contribution in [3.8, 4) is 11.5 Å². The number of para-hydroxylation sites is 1. The van der Waals surface area contributed by atoms with E-state index < -0.39 is 5.97 Å². The predicted molar refractivity (Wildman–Crippen MR) is 105 cm³/mol. The van der Waals surface area contributed by atoms with Crippen LogP contribution in [-0.2, 0) is 22.7 Å². The summed E-state index contributed by atoms with van der Waals surface area (Å²) in [5.74, 6) is 0.174. The highest BCUT2D eigenvalue weighted by molar-refractivity contribution is 5.96. The van der Waals surface area contributed by atoms with Crippen molar-refractivity contribution in [3.05, 3.63) is 71.2 Å². The van der Waals surface area contributed by atoms with Gasteiger partial charge < -0.3 is 18.4 Å². The second kappa shape index (κ2) is 8.28. The molecule has 4 rings (SSSR count). The Morgan fingerprint density at radius 2 is 1.86 bits per heavy atom. The molecule has 0 saturated carbocycles. The normalized spacial score (nSPS) is 11.1. The fourth-order valence-corrected chi connectivity index (χ4v) is 2.93. The summed E-state index contributed by atoms with van der Waals surface area (Å²) in [5, 5.41) is 4.70. The van der Waals surface area contributed by atoms with Gasteiger partial charge in [-0.05, 0) is 32.0 Å². The van der Waals surface area contributed by atoms with Crippen molar-refractivity contribution < 1.29 is 23.2 Å². The molecule has 0 amide bonds. The van der Waals surface area contributed by atoms with Crippen LogP contribution in [0.1, 0.15) is 34.4 Å². The number of aromatic nitrogens is 2. The Morgan fingerprint density at radius 3 is 2.66 bits per heavy atom. The predicted octanol–water partition coefficient (Wildman–Crippen LogP) is 4.68. The van der Waals surface area contributed by atoms with Crippen molar-refractivity contribution in [1.82, 2.24) is 10.1 Å². The average molecular weight is 392 g/mol. The van der Waals surface area contributed by atoms with Crippen molar-refractivity contribution >= 4 is 16.9 Å². The van der Waals surface area contributed by atoms with Crippen LogP contribution >= 0.6 is 0 Å². The van der Waals surface area contributed by atoms with E-state index in [9.17, 15) is 4.79 Å². The molecule has 0 atom stereocenters. The molecule has 0 spiro atoms. The van der Waals surface area contributed by atoms with E-state index in [0.29, 0.717) is 23.6 Å². The maximum absolute atomic E-state index is 12.6. The summed E-state index contributed by atoms with van der Waals surface area (Å²) in [7, 11) is 0. The Labute approximate surface area is 167 Å². The van der Waals surface area contributed by atoms with Crippen LogP contribution < -0.4 is 0 Å². The van der Waals surface area contributed by atoms with Gasteiger partial charge in [0.25, 0.3) is 5.89 Å². The average Bonchev–Trinajstić information content (AvgIpc) is 3.36. The molecule has 0 unspecified atom stereocenters. The van der Waals surface area contributed by atoms with E-state index in [4.69, 9.17) is 18.4 Å².